The van der Waals surface area contributed by atoms with Gasteiger partial charge in [-0.15, -0.1) is 12.4 Å². The molecule has 1 atom stereocenters. The molecule has 3 heteroatoms. The first kappa shape index (κ1) is 9.30. The molecule has 0 aromatic heterocycles. The maximum atomic E-state index is 5.78. The van der Waals surface area contributed by atoms with Gasteiger partial charge in [-0.25, -0.2) is 0 Å². The van der Waals surface area contributed by atoms with Crippen molar-refractivity contribution in [2.75, 3.05) is 19.6 Å². The zero-order valence-corrected chi connectivity index (χ0v) is 7.65. The fourth-order valence-electron chi connectivity index (χ4n) is 1.69. The maximum absolute atomic E-state index is 5.78. The van der Waals surface area contributed by atoms with Crippen LogP contribution in [0.3, 0.4) is 0 Å². The zero-order chi connectivity index (χ0) is 6.97. The van der Waals surface area contributed by atoms with Crippen LogP contribution in [-0.4, -0.2) is 30.6 Å². The Morgan fingerprint density at radius 3 is 2.45 bits per heavy atom. The minimum Gasteiger partial charge on any atom is -0.326 e. The molecule has 1 saturated heterocycles. The lowest BCUT2D eigenvalue weighted by Gasteiger charge is -2.13. The van der Waals surface area contributed by atoms with E-state index < -0.39 is 0 Å². The lowest BCUT2D eigenvalue weighted by Crippen LogP contribution is -2.27. The van der Waals surface area contributed by atoms with Gasteiger partial charge in [0.15, 0.2) is 0 Å². The van der Waals surface area contributed by atoms with Crippen molar-refractivity contribution < 1.29 is 0 Å². The van der Waals surface area contributed by atoms with Crippen molar-refractivity contribution in [1.82, 2.24) is 4.90 Å². The van der Waals surface area contributed by atoms with Gasteiger partial charge in [0, 0.05) is 19.1 Å². The normalized spacial score (nSPS) is 31.9. The highest BCUT2D eigenvalue weighted by Gasteiger charge is 2.27. The number of rotatable bonds is 2. The average molecular weight is 177 g/mol. The Bertz CT molecular complexity index is 125. The van der Waals surface area contributed by atoms with Crippen molar-refractivity contribution in [2.24, 2.45) is 11.7 Å². The SMILES string of the molecule is Cl.NC1CCN(CC2CC2)C1. The van der Waals surface area contributed by atoms with Crippen molar-refractivity contribution in [3.05, 3.63) is 0 Å². The number of nitrogens with two attached hydrogens (primary N) is 1. The largest absolute Gasteiger partial charge is 0.326 e. The topological polar surface area (TPSA) is 29.3 Å². The van der Waals surface area contributed by atoms with Crippen molar-refractivity contribution in [1.29, 1.82) is 0 Å². The highest BCUT2D eigenvalue weighted by molar-refractivity contribution is 5.85. The van der Waals surface area contributed by atoms with E-state index in [2.05, 4.69) is 4.90 Å². The number of hydrogen-bond donors (Lipinski definition) is 1. The van der Waals surface area contributed by atoms with Crippen LogP contribution < -0.4 is 5.73 Å². The zero-order valence-electron chi connectivity index (χ0n) is 6.83. The van der Waals surface area contributed by atoms with Crippen molar-refractivity contribution in [2.45, 2.75) is 25.3 Å². The van der Waals surface area contributed by atoms with E-state index in [9.17, 15) is 0 Å². The molecule has 1 aliphatic carbocycles. The average Bonchev–Trinajstić information content (AvgIpc) is 2.59. The van der Waals surface area contributed by atoms with Crippen LogP contribution in [0.25, 0.3) is 0 Å². The molecule has 0 radical (unpaired) electrons. The minimum atomic E-state index is 0. The Morgan fingerprint density at radius 1 is 1.27 bits per heavy atom. The highest BCUT2D eigenvalue weighted by Crippen LogP contribution is 2.30. The van der Waals surface area contributed by atoms with Crippen LogP contribution in [0, 0.1) is 5.92 Å². The van der Waals surface area contributed by atoms with Gasteiger partial charge in [-0.2, -0.15) is 0 Å². The molecule has 0 bridgehead atoms. The fraction of sp³-hybridized carbons (Fsp3) is 1.00. The molecule has 11 heavy (non-hydrogen) atoms. The van der Waals surface area contributed by atoms with E-state index in [1.165, 1.54) is 32.4 Å². The molecule has 1 unspecified atom stereocenters. The quantitative estimate of drug-likeness (QED) is 0.676. The van der Waals surface area contributed by atoms with Crippen molar-refractivity contribution >= 4 is 12.4 Å². The number of likely N-dealkylation sites (tertiary alicyclic amines) is 1. The summed E-state index contributed by atoms with van der Waals surface area (Å²) in [6.45, 7) is 3.72. The molecule has 0 aromatic rings. The summed E-state index contributed by atoms with van der Waals surface area (Å²) in [5.41, 5.74) is 5.78. The minimum absolute atomic E-state index is 0. The van der Waals surface area contributed by atoms with Crippen molar-refractivity contribution in [3.63, 3.8) is 0 Å². The molecular weight excluding hydrogens is 160 g/mol. The van der Waals surface area contributed by atoms with Gasteiger partial charge in [0.25, 0.3) is 0 Å². The summed E-state index contributed by atoms with van der Waals surface area (Å²) in [6, 6.07) is 0.471. The molecule has 0 spiro atoms. The second-order valence-electron chi connectivity index (χ2n) is 3.75. The van der Waals surface area contributed by atoms with Crippen molar-refractivity contribution in [3.8, 4) is 0 Å². The van der Waals surface area contributed by atoms with Gasteiger partial charge in [-0.1, -0.05) is 0 Å². The smallest absolute Gasteiger partial charge is 0.0180 e. The number of hydrogen-bond acceptors (Lipinski definition) is 2. The van der Waals surface area contributed by atoms with Gasteiger partial charge in [0.1, 0.15) is 0 Å². The molecule has 2 nitrogen and oxygen atoms in total. The molecule has 1 aliphatic heterocycles. The van der Waals surface area contributed by atoms with E-state index in [0.29, 0.717) is 6.04 Å². The number of nitrogens with zero attached hydrogens (tertiary/aromatic N) is 1. The van der Waals surface area contributed by atoms with Gasteiger partial charge in [0.2, 0.25) is 0 Å². The highest BCUT2D eigenvalue weighted by atomic mass is 35.5. The molecule has 2 fully saturated rings. The van der Waals surface area contributed by atoms with Crippen LogP contribution in [0.4, 0.5) is 0 Å². The lowest BCUT2D eigenvalue weighted by molar-refractivity contribution is 0.320. The first-order valence-electron chi connectivity index (χ1n) is 4.32. The predicted molar refractivity (Wildman–Crippen MR) is 49.0 cm³/mol. The Labute approximate surface area is 74.5 Å². The summed E-state index contributed by atoms with van der Waals surface area (Å²) >= 11 is 0. The molecule has 2 rings (SSSR count). The number of halogens is 1. The Hall–Kier alpha value is 0.210. The van der Waals surface area contributed by atoms with Crippen LogP contribution in [0.2, 0.25) is 0 Å². The molecule has 2 N–H and O–H groups in total. The van der Waals surface area contributed by atoms with Gasteiger partial charge in [-0.05, 0) is 31.7 Å². The molecule has 0 amide bonds. The summed E-state index contributed by atoms with van der Waals surface area (Å²) in [5.74, 6) is 1.03. The lowest BCUT2D eigenvalue weighted by atomic mass is 10.3. The van der Waals surface area contributed by atoms with Gasteiger partial charge in [0.05, 0.1) is 0 Å². The Kier molecular flexibility index (Phi) is 3.16. The van der Waals surface area contributed by atoms with Crippen LogP contribution in [-0.2, 0) is 0 Å². The summed E-state index contributed by atoms with van der Waals surface area (Å²) in [6.07, 6.45) is 4.14. The first-order valence-corrected chi connectivity index (χ1v) is 4.32. The fourth-order valence-corrected chi connectivity index (χ4v) is 1.69. The van der Waals surface area contributed by atoms with Gasteiger partial charge >= 0.3 is 0 Å². The van der Waals surface area contributed by atoms with Crippen LogP contribution in [0.15, 0.2) is 0 Å². The Balaban J connectivity index is 0.000000605. The molecule has 2 aliphatic rings. The molecule has 1 heterocycles. The van der Waals surface area contributed by atoms with E-state index in [4.69, 9.17) is 5.73 Å². The van der Waals surface area contributed by atoms with Gasteiger partial charge < -0.3 is 10.6 Å². The molecule has 1 saturated carbocycles. The first-order chi connectivity index (χ1) is 4.84. The van der Waals surface area contributed by atoms with E-state index in [1.807, 2.05) is 0 Å². The van der Waals surface area contributed by atoms with Crippen LogP contribution in [0.5, 0.6) is 0 Å². The van der Waals surface area contributed by atoms with E-state index in [-0.39, 0.29) is 12.4 Å². The van der Waals surface area contributed by atoms with Crippen LogP contribution in [0.1, 0.15) is 19.3 Å². The van der Waals surface area contributed by atoms with Gasteiger partial charge in [-0.3, -0.25) is 0 Å². The standard InChI is InChI=1S/C8H16N2.ClH/c9-8-3-4-10(6-8)5-7-1-2-7;/h7-8H,1-6,9H2;1H. The summed E-state index contributed by atoms with van der Waals surface area (Å²) < 4.78 is 0. The monoisotopic (exact) mass is 176 g/mol. The van der Waals surface area contributed by atoms with E-state index in [1.54, 1.807) is 0 Å². The van der Waals surface area contributed by atoms with E-state index in [0.717, 1.165) is 12.5 Å². The summed E-state index contributed by atoms with van der Waals surface area (Å²) in [4.78, 5) is 2.52. The molecule has 66 valence electrons. The van der Waals surface area contributed by atoms with E-state index >= 15 is 0 Å². The Morgan fingerprint density at radius 2 is 2.00 bits per heavy atom. The predicted octanol–water partition coefficient (Wildman–Crippen LogP) is 0.851. The summed E-state index contributed by atoms with van der Waals surface area (Å²) in [7, 11) is 0. The molecular formula is C8H17ClN2. The van der Waals surface area contributed by atoms with Crippen LogP contribution >= 0.6 is 12.4 Å². The third-order valence-corrected chi connectivity index (χ3v) is 2.52. The second kappa shape index (κ2) is 3.74. The third kappa shape index (κ3) is 2.62. The summed E-state index contributed by atoms with van der Waals surface area (Å²) in [5, 5.41) is 0. The molecule has 0 aromatic carbocycles. The third-order valence-electron chi connectivity index (χ3n) is 2.52. The maximum Gasteiger partial charge on any atom is 0.0180 e. The second-order valence-corrected chi connectivity index (χ2v) is 3.75.